The number of hydrogen-bond donors (Lipinski definition) is 1. The van der Waals surface area contributed by atoms with E-state index in [1.165, 1.54) is 18.4 Å². The second-order valence-electron chi connectivity index (χ2n) is 9.33. The first-order valence-corrected chi connectivity index (χ1v) is 10.5. The molecule has 28 heavy (non-hydrogen) atoms. The van der Waals surface area contributed by atoms with Crippen molar-refractivity contribution < 1.29 is 9.59 Å². The maximum Gasteiger partial charge on any atom is 0.251 e. The highest BCUT2D eigenvalue weighted by atomic mass is 16.2. The number of nitrogens with zero attached hydrogens (tertiary/aromatic N) is 2. The third-order valence-electron chi connectivity index (χ3n) is 5.56. The molecule has 1 heterocycles. The van der Waals surface area contributed by atoms with E-state index in [1.807, 2.05) is 45.2 Å². The molecule has 1 aliphatic rings. The Morgan fingerprint density at radius 1 is 1.11 bits per heavy atom. The number of likely N-dealkylation sites (tertiary alicyclic amines) is 1. The number of nitrogens with one attached hydrogen (secondary N) is 1. The van der Waals surface area contributed by atoms with Gasteiger partial charge in [0.05, 0.1) is 0 Å². The van der Waals surface area contributed by atoms with Crippen LogP contribution in [0.25, 0.3) is 0 Å². The summed E-state index contributed by atoms with van der Waals surface area (Å²) in [7, 11) is 1.83. The number of amides is 2. The van der Waals surface area contributed by atoms with Crippen LogP contribution in [-0.4, -0.2) is 60.9 Å². The Kier molecular flexibility index (Phi) is 7.64. The van der Waals surface area contributed by atoms with E-state index in [0.717, 1.165) is 19.6 Å². The minimum Gasteiger partial charge on any atom is -0.343 e. The van der Waals surface area contributed by atoms with E-state index in [0.29, 0.717) is 12.1 Å². The monoisotopic (exact) mass is 387 g/mol. The van der Waals surface area contributed by atoms with Crippen LogP contribution in [-0.2, 0) is 10.2 Å². The van der Waals surface area contributed by atoms with Crippen molar-refractivity contribution in [1.82, 2.24) is 15.1 Å². The predicted molar refractivity (Wildman–Crippen MR) is 115 cm³/mol. The van der Waals surface area contributed by atoms with Gasteiger partial charge in [-0.3, -0.25) is 9.59 Å². The molecule has 156 valence electrons. The summed E-state index contributed by atoms with van der Waals surface area (Å²) in [6.07, 6.45) is 2.49. The number of carbonyl (C=O) groups is 2. The lowest BCUT2D eigenvalue weighted by Crippen LogP contribution is -2.51. The molecule has 0 radical (unpaired) electrons. The lowest BCUT2D eigenvalue weighted by atomic mass is 9.86. The Labute approximate surface area is 170 Å². The van der Waals surface area contributed by atoms with Crippen molar-refractivity contribution in [1.29, 1.82) is 0 Å². The van der Waals surface area contributed by atoms with Crippen LogP contribution in [0.3, 0.4) is 0 Å². The van der Waals surface area contributed by atoms with Crippen molar-refractivity contribution >= 4 is 11.8 Å². The molecule has 0 bridgehead atoms. The second kappa shape index (κ2) is 9.55. The van der Waals surface area contributed by atoms with Gasteiger partial charge in [-0.25, -0.2) is 0 Å². The van der Waals surface area contributed by atoms with E-state index < -0.39 is 6.04 Å². The summed E-state index contributed by atoms with van der Waals surface area (Å²) in [6, 6.07) is 7.15. The summed E-state index contributed by atoms with van der Waals surface area (Å²) in [5.41, 5.74) is 1.82. The van der Waals surface area contributed by atoms with Gasteiger partial charge in [-0.2, -0.15) is 0 Å². The smallest absolute Gasteiger partial charge is 0.251 e. The molecular formula is C23H37N3O2. The molecule has 1 aromatic carbocycles. The number of benzene rings is 1. The molecule has 2 amide bonds. The van der Waals surface area contributed by atoms with Gasteiger partial charge in [0.15, 0.2) is 0 Å². The molecular weight excluding hydrogens is 350 g/mol. The second-order valence-corrected chi connectivity index (χ2v) is 9.33. The summed E-state index contributed by atoms with van der Waals surface area (Å²) in [6.45, 7) is 14.2. The molecule has 1 saturated heterocycles. The Morgan fingerprint density at radius 3 is 2.18 bits per heavy atom. The molecule has 0 aliphatic carbocycles. The highest BCUT2D eigenvalue weighted by Crippen LogP contribution is 2.22. The fourth-order valence-electron chi connectivity index (χ4n) is 3.51. The van der Waals surface area contributed by atoms with E-state index in [1.54, 1.807) is 4.90 Å². The van der Waals surface area contributed by atoms with Gasteiger partial charge in [0.25, 0.3) is 5.91 Å². The SMILES string of the molecule is CC(C)C(NC(=O)c1ccc(C(C)(C)C)cc1)C(=O)N(C)CCN1CCCC1. The van der Waals surface area contributed by atoms with Gasteiger partial charge in [-0.15, -0.1) is 0 Å². The zero-order valence-corrected chi connectivity index (χ0v) is 18.4. The first-order valence-electron chi connectivity index (χ1n) is 10.5. The van der Waals surface area contributed by atoms with Crippen molar-refractivity contribution in [2.45, 2.75) is 58.9 Å². The van der Waals surface area contributed by atoms with E-state index in [4.69, 9.17) is 0 Å². The molecule has 0 spiro atoms. The maximum absolute atomic E-state index is 12.9. The van der Waals surface area contributed by atoms with Crippen LogP contribution < -0.4 is 5.32 Å². The molecule has 1 fully saturated rings. The zero-order chi connectivity index (χ0) is 20.9. The molecule has 1 aromatic rings. The van der Waals surface area contributed by atoms with Crippen LogP contribution in [0.1, 0.15) is 63.4 Å². The number of carbonyl (C=O) groups excluding carboxylic acids is 2. The van der Waals surface area contributed by atoms with Gasteiger partial charge in [-0.05, 0) is 55.0 Å². The van der Waals surface area contributed by atoms with Crippen molar-refractivity contribution in [3.8, 4) is 0 Å². The van der Waals surface area contributed by atoms with Crippen LogP contribution in [0.5, 0.6) is 0 Å². The first-order chi connectivity index (χ1) is 13.1. The van der Waals surface area contributed by atoms with Crippen LogP contribution in [0.4, 0.5) is 0 Å². The van der Waals surface area contributed by atoms with Gasteiger partial charge < -0.3 is 15.1 Å². The Bertz CT molecular complexity index is 655. The summed E-state index contributed by atoms with van der Waals surface area (Å²) in [5, 5.41) is 2.96. The number of rotatable bonds is 7. The van der Waals surface area contributed by atoms with Crippen molar-refractivity contribution in [2.24, 2.45) is 5.92 Å². The van der Waals surface area contributed by atoms with Gasteiger partial charge in [0, 0.05) is 25.7 Å². The van der Waals surface area contributed by atoms with Crippen molar-refractivity contribution in [3.63, 3.8) is 0 Å². The summed E-state index contributed by atoms with van der Waals surface area (Å²) in [5.74, 6) is -0.186. The quantitative estimate of drug-likeness (QED) is 0.781. The third-order valence-corrected chi connectivity index (χ3v) is 5.56. The fraction of sp³-hybridized carbons (Fsp3) is 0.652. The average Bonchev–Trinajstić information content (AvgIpc) is 3.16. The summed E-state index contributed by atoms with van der Waals surface area (Å²) in [4.78, 5) is 29.8. The normalized spacial score (nSPS) is 16.2. The van der Waals surface area contributed by atoms with Gasteiger partial charge >= 0.3 is 0 Å². The maximum atomic E-state index is 12.9. The van der Waals surface area contributed by atoms with Crippen molar-refractivity contribution in [2.75, 3.05) is 33.2 Å². The topological polar surface area (TPSA) is 52.7 Å². The summed E-state index contributed by atoms with van der Waals surface area (Å²) >= 11 is 0. The van der Waals surface area contributed by atoms with E-state index in [-0.39, 0.29) is 23.1 Å². The van der Waals surface area contributed by atoms with E-state index >= 15 is 0 Å². The average molecular weight is 388 g/mol. The lowest BCUT2D eigenvalue weighted by molar-refractivity contribution is -0.133. The van der Waals surface area contributed by atoms with E-state index in [2.05, 4.69) is 31.0 Å². The molecule has 0 aromatic heterocycles. The van der Waals surface area contributed by atoms with E-state index in [9.17, 15) is 9.59 Å². The molecule has 5 heteroatoms. The van der Waals surface area contributed by atoms with Gasteiger partial charge in [0.1, 0.15) is 6.04 Å². The van der Waals surface area contributed by atoms with Gasteiger partial charge in [-0.1, -0.05) is 46.8 Å². The largest absolute Gasteiger partial charge is 0.343 e. The Morgan fingerprint density at radius 2 is 1.68 bits per heavy atom. The van der Waals surface area contributed by atoms with Crippen LogP contribution in [0, 0.1) is 5.92 Å². The Hall–Kier alpha value is -1.88. The molecule has 0 saturated carbocycles. The zero-order valence-electron chi connectivity index (χ0n) is 18.4. The summed E-state index contributed by atoms with van der Waals surface area (Å²) < 4.78 is 0. The fourth-order valence-corrected chi connectivity index (χ4v) is 3.51. The number of likely N-dealkylation sites (N-methyl/N-ethyl adjacent to an activating group) is 1. The molecule has 1 N–H and O–H groups in total. The lowest BCUT2D eigenvalue weighted by Gasteiger charge is -2.28. The van der Waals surface area contributed by atoms with Crippen molar-refractivity contribution in [3.05, 3.63) is 35.4 Å². The molecule has 1 atom stereocenters. The van der Waals surface area contributed by atoms with Crippen LogP contribution in [0.15, 0.2) is 24.3 Å². The Balaban J connectivity index is 1.98. The van der Waals surface area contributed by atoms with Crippen LogP contribution in [0.2, 0.25) is 0 Å². The predicted octanol–water partition coefficient (Wildman–Crippen LogP) is 3.29. The highest BCUT2D eigenvalue weighted by Gasteiger charge is 2.28. The highest BCUT2D eigenvalue weighted by molar-refractivity contribution is 5.97. The first kappa shape index (κ1) is 22.4. The number of hydrogen-bond acceptors (Lipinski definition) is 3. The third kappa shape index (κ3) is 6.06. The molecule has 1 unspecified atom stereocenters. The minimum atomic E-state index is -0.515. The molecule has 2 rings (SSSR count). The standard InChI is InChI=1S/C23H37N3O2/c1-17(2)20(22(28)25(6)15-16-26-13-7-8-14-26)24-21(27)18-9-11-19(12-10-18)23(3,4)5/h9-12,17,20H,7-8,13-16H2,1-6H3,(H,24,27). The van der Waals surface area contributed by atoms with Gasteiger partial charge in [0.2, 0.25) is 5.91 Å². The molecule has 5 nitrogen and oxygen atoms in total. The minimum absolute atomic E-state index is 0.0196. The molecule has 1 aliphatic heterocycles. The van der Waals surface area contributed by atoms with Crippen LogP contribution >= 0.6 is 0 Å².